The highest BCUT2D eigenvalue weighted by Crippen LogP contribution is 2.36. The first-order valence-corrected chi connectivity index (χ1v) is 7.65. The van der Waals surface area contributed by atoms with Crippen LogP contribution in [0.15, 0.2) is 29.6 Å². The van der Waals surface area contributed by atoms with Gasteiger partial charge in [-0.1, -0.05) is 12.1 Å². The maximum atomic E-state index is 12.0. The number of amides is 1. The zero-order chi connectivity index (χ0) is 16.1. The van der Waals surface area contributed by atoms with Crippen molar-refractivity contribution in [3.8, 4) is 16.9 Å². The molecule has 0 radical (unpaired) electrons. The van der Waals surface area contributed by atoms with Crippen LogP contribution in [0.5, 0.6) is 5.75 Å². The molecule has 2 aromatic rings. The van der Waals surface area contributed by atoms with Crippen LogP contribution < -0.4 is 10.1 Å². The lowest BCUT2D eigenvalue weighted by Crippen LogP contribution is -2.10. The Hall–Kier alpha value is -2.34. The highest BCUT2D eigenvalue weighted by atomic mass is 32.1. The Morgan fingerprint density at radius 3 is 2.45 bits per heavy atom. The lowest BCUT2D eigenvalue weighted by molar-refractivity contribution is -0.114. The van der Waals surface area contributed by atoms with Gasteiger partial charge in [0.15, 0.2) is 0 Å². The topological polar surface area (TPSA) is 64.6 Å². The minimum Gasteiger partial charge on any atom is -0.494 e. The normalized spacial score (nSPS) is 10.1. The molecule has 1 aromatic carbocycles. The number of methoxy groups -OCH3 is 1. The van der Waals surface area contributed by atoms with Crippen molar-refractivity contribution in [1.82, 2.24) is 0 Å². The molecule has 0 saturated heterocycles. The number of benzene rings is 1. The van der Waals surface area contributed by atoms with E-state index in [1.54, 1.807) is 0 Å². The van der Waals surface area contributed by atoms with E-state index in [9.17, 15) is 9.59 Å². The van der Waals surface area contributed by atoms with Gasteiger partial charge in [-0.2, -0.15) is 0 Å². The average molecular weight is 319 g/mol. The summed E-state index contributed by atoms with van der Waals surface area (Å²) in [5.41, 5.74) is 1.95. The number of anilines is 1. The summed E-state index contributed by atoms with van der Waals surface area (Å²) in [6, 6.07) is 7.43. The summed E-state index contributed by atoms with van der Waals surface area (Å²) in [6.45, 7) is 3.91. The standard InChI is InChI=1S/C16H17NO4S/c1-4-21-12-7-5-11(6-8-12)13-9-22-15(17-10(2)18)14(13)16(19)20-3/h5-9H,4H2,1-3H3,(H,17,18). The second-order valence-electron chi connectivity index (χ2n) is 4.48. The van der Waals surface area contributed by atoms with Crippen molar-refractivity contribution >= 4 is 28.2 Å². The third-order valence-electron chi connectivity index (χ3n) is 2.95. The Bertz CT molecular complexity index is 676. The van der Waals surface area contributed by atoms with Gasteiger partial charge in [-0.3, -0.25) is 4.79 Å². The lowest BCUT2D eigenvalue weighted by atomic mass is 10.0. The summed E-state index contributed by atoms with van der Waals surface area (Å²) >= 11 is 1.29. The van der Waals surface area contributed by atoms with Crippen molar-refractivity contribution in [3.05, 3.63) is 35.2 Å². The third-order valence-corrected chi connectivity index (χ3v) is 3.84. The number of carbonyl (C=O) groups excluding carboxylic acids is 2. The maximum absolute atomic E-state index is 12.0. The van der Waals surface area contributed by atoms with Gasteiger partial charge in [-0.25, -0.2) is 4.79 Å². The summed E-state index contributed by atoms with van der Waals surface area (Å²) in [4.78, 5) is 23.3. The van der Waals surface area contributed by atoms with E-state index in [4.69, 9.17) is 9.47 Å². The first kappa shape index (κ1) is 16.0. The van der Waals surface area contributed by atoms with Crippen molar-refractivity contribution in [1.29, 1.82) is 0 Å². The first-order valence-electron chi connectivity index (χ1n) is 6.77. The van der Waals surface area contributed by atoms with Crippen LogP contribution >= 0.6 is 11.3 Å². The van der Waals surface area contributed by atoms with Crippen molar-refractivity contribution in [2.24, 2.45) is 0 Å². The predicted molar refractivity (Wildman–Crippen MR) is 86.6 cm³/mol. The number of ether oxygens (including phenoxy) is 2. The van der Waals surface area contributed by atoms with Gasteiger partial charge in [0.1, 0.15) is 16.3 Å². The summed E-state index contributed by atoms with van der Waals surface area (Å²) in [7, 11) is 1.32. The molecule has 6 heteroatoms. The van der Waals surface area contributed by atoms with E-state index >= 15 is 0 Å². The van der Waals surface area contributed by atoms with Crippen LogP contribution in [-0.4, -0.2) is 25.6 Å². The number of nitrogens with one attached hydrogen (secondary N) is 1. The number of esters is 1. The molecule has 0 aliphatic carbocycles. The van der Waals surface area contributed by atoms with Gasteiger partial charge in [0, 0.05) is 17.9 Å². The quantitative estimate of drug-likeness (QED) is 0.856. The Morgan fingerprint density at radius 1 is 1.23 bits per heavy atom. The Kier molecular flexibility index (Phi) is 5.16. The molecule has 0 aliphatic heterocycles. The summed E-state index contributed by atoms with van der Waals surface area (Å²) in [6.07, 6.45) is 0. The number of thiophene rings is 1. The fourth-order valence-corrected chi connectivity index (χ4v) is 3.03. The van der Waals surface area contributed by atoms with Crippen LogP contribution in [0.2, 0.25) is 0 Å². The summed E-state index contributed by atoms with van der Waals surface area (Å²) in [5.74, 6) is 0.0577. The van der Waals surface area contributed by atoms with Gasteiger partial charge in [-0.15, -0.1) is 11.3 Å². The number of hydrogen-bond donors (Lipinski definition) is 1. The van der Waals surface area contributed by atoms with Gasteiger partial charge in [-0.05, 0) is 24.6 Å². The van der Waals surface area contributed by atoms with E-state index in [0.29, 0.717) is 17.2 Å². The zero-order valence-corrected chi connectivity index (χ0v) is 13.5. The second kappa shape index (κ2) is 7.09. The minimum absolute atomic E-state index is 0.231. The highest BCUT2D eigenvalue weighted by Gasteiger charge is 2.21. The molecule has 0 bridgehead atoms. The Labute approximate surface area is 132 Å². The maximum Gasteiger partial charge on any atom is 0.341 e. The van der Waals surface area contributed by atoms with Crippen LogP contribution in [0.3, 0.4) is 0 Å². The molecule has 5 nitrogen and oxygen atoms in total. The SMILES string of the molecule is CCOc1ccc(-c2csc(NC(C)=O)c2C(=O)OC)cc1. The second-order valence-corrected chi connectivity index (χ2v) is 5.36. The van der Waals surface area contributed by atoms with Gasteiger partial charge < -0.3 is 14.8 Å². The molecule has 1 heterocycles. The van der Waals surface area contributed by atoms with Gasteiger partial charge in [0.25, 0.3) is 0 Å². The lowest BCUT2D eigenvalue weighted by Gasteiger charge is -2.07. The molecule has 0 fully saturated rings. The monoisotopic (exact) mass is 319 g/mol. The van der Waals surface area contributed by atoms with Crippen molar-refractivity contribution in [3.63, 3.8) is 0 Å². The van der Waals surface area contributed by atoms with Crippen LogP contribution in [0.25, 0.3) is 11.1 Å². The summed E-state index contributed by atoms with van der Waals surface area (Å²) < 4.78 is 10.2. The Balaban J connectivity index is 2.43. The largest absolute Gasteiger partial charge is 0.494 e. The van der Waals surface area contributed by atoms with Crippen LogP contribution in [0.1, 0.15) is 24.2 Å². The number of hydrogen-bond acceptors (Lipinski definition) is 5. The molecule has 0 saturated carbocycles. The molecule has 0 spiro atoms. The molecular weight excluding hydrogens is 302 g/mol. The molecular formula is C16H17NO4S. The highest BCUT2D eigenvalue weighted by molar-refractivity contribution is 7.15. The van der Waals surface area contributed by atoms with Crippen molar-refractivity contribution in [2.75, 3.05) is 19.0 Å². The van der Waals surface area contributed by atoms with Gasteiger partial charge in [0.05, 0.1) is 13.7 Å². The van der Waals surface area contributed by atoms with E-state index in [1.807, 2.05) is 36.6 Å². The minimum atomic E-state index is -0.478. The van der Waals surface area contributed by atoms with E-state index in [-0.39, 0.29) is 5.91 Å². The van der Waals surface area contributed by atoms with Gasteiger partial charge >= 0.3 is 5.97 Å². The molecule has 116 valence electrons. The molecule has 0 aliphatic rings. The van der Waals surface area contributed by atoms with E-state index in [0.717, 1.165) is 16.9 Å². The zero-order valence-electron chi connectivity index (χ0n) is 12.6. The molecule has 1 aromatic heterocycles. The smallest absolute Gasteiger partial charge is 0.341 e. The molecule has 22 heavy (non-hydrogen) atoms. The predicted octanol–water partition coefficient (Wildman–Crippen LogP) is 3.56. The molecule has 0 unspecified atom stereocenters. The van der Waals surface area contributed by atoms with Gasteiger partial charge in [0.2, 0.25) is 5.91 Å². The average Bonchev–Trinajstić information content (AvgIpc) is 2.90. The molecule has 2 rings (SSSR count). The van der Waals surface area contributed by atoms with Crippen molar-refractivity contribution in [2.45, 2.75) is 13.8 Å². The molecule has 1 amide bonds. The van der Waals surface area contributed by atoms with Crippen LogP contribution in [0, 0.1) is 0 Å². The molecule has 0 atom stereocenters. The van der Waals surface area contributed by atoms with Crippen LogP contribution in [-0.2, 0) is 9.53 Å². The fourth-order valence-electron chi connectivity index (χ4n) is 2.02. The van der Waals surface area contributed by atoms with Crippen LogP contribution in [0.4, 0.5) is 5.00 Å². The number of carbonyl (C=O) groups is 2. The first-order chi connectivity index (χ1) is 10.6. The van der Waals surface area contributed by atoms with E-state index in [1.165, 1.54) is 25.4 Å². The summed E-state index contributed by atoms with van der Waals surface area (Å²) in [5, 5.41) is 4.98. The molecule has 1 N–H and O–H groups in total. The number of rotatable bonds is 5. The van der Waals surface area contributed by atoms with E-state index in [2.05, 4.69) is 5.32 Å². The third kappa shape index (κ3) is 3.46. The Morgan fingerprint density at radius 2 is 1.91 bits per heavy atom. The fraction of sp³-hybridized carbons (Fsp3) is 0.250. The van der Waals surface area contributed by atoms with Crippen molar-refractivity contribution < 1.29 is 19.1 Å². The van der Waals surface area contributed by atoms with E-state index < -0.39 is 5.97 Å².